The van der Waals surface area contributed by atoms with E-state index in [2.05, 4.69) is 55.2 Å². The van der Waals surface area contributed by atoms with Gasteiger partial charge in [0.1, 0.15) is 12.4 Å². The summed E-state index contributed by atoms with van der Waals surface area (Å²) in [5.74, 6) is 1.63. The van der Waals surface area contributed by atoms with Crippen LogP contribution >= 0.6 is 11.6 Å². The lowest BCUT2D eigenvalue weighted by molar-refractivity contribution is -0.128. The Morgan fingerprint density at radius 3 is 2.65 bits per heavy atom. The van der Waals surface area contributed by atoms with E-state index in [1.54, 1.807) is 11.0 Å². The lowest BCUT2D eigenvalue weighted by Gasteiger charge is -2.42. The van der Waals surface area contributed by atoms with E-state index in [9.17, 15) is 10.1 Å². The molecule has 0 bridgehead atoms. The van der Waals surface area contributed by atoms with Crippen molar-refractivity contribution in [1.82, 2.24) is 29.9 Å². The highest BCUT2D eigenvalue weighted by Crippen LogP contribution is 2.40. The molecule has 1 atom stereocenters. The molecule has 0 N–H and O–H groups in total. The molecule has 13 heteroatoms. The van der Waals surface area contributed by atoms with Gasteiger partial charge in [-0.15, -0.1) is 0 Å². The third kappa shape index (κ3) is 6.56. The number of carbonyl (C=O) groups excluding carboxylic acids is 1. The van der Waals surface area contributed by atoms with E-state index < -0.39 is 0 Å². The van der Waals surface area contributed by atoms with Gasteiger partial charge >= 0.3 is 6.01 Å². The number of hydrogen-bond acceptors (Lipinski definition) is 11. The Hall–Kier alpha value is -4.73. The van der Waals surface area contributed by atoms with Crippen LogP contribution in [0, 0.1) is 11.3 Å². The number of benzene rings is 2. The number of nitriles is 1. The second-order valence-electron chi connectivity index (χ2n) is 14.7. The van der Waals surface area contributed by atoms with Gasteiger partial charge in [0.25, 0.3) is 5.89 Å². The quantitative estimate of drug-likeness (QED) is 0.189. The van der Waals surface area contributed by atoms with Crippen LogP contribution in [0.15, 0.2) is 47.0 Å². The zero-order valence-electron chi connectivity index (χ0n) is 29.8. The minimum Gasteiger partial charge on any atom is -0.461 e. The van der Waals surface area contributed by atoms with E-state index >= 15 is 0 Å². The lowest BCUT2D eigenvalue weighted by Crippen LogP contribution is -2.55. The van der Waals surface area contributed by atoms with Gasteiger partial charge in [-0.1, -0.05) is 54.9 Å². The average Bonchev–Trinajstić information content (AvgIpc) is 3.89. The number of ether oxygens (including phenoxy) is 1. The normalized spacial score (nSPS) is 20.1. The largest absolute Gasteiger partial charge is 0.461 e. The Labute approximate surface area is 309 Å². The summed E-state index contributed by atoms with van der Waals surface area (Å²) in [4.78, 5) is 36.9. The van der Waals surface area contributed by atoms with E-state index in [4.69, 9.17) is 30.8 Å². The Bertz CT molecular complexity index is 2030. The number of halogens is 1. The molecule has 2 aromatic heterocycles. The van der Waals surface area contributed by atoms with Crippen molar-refractivity contribution in [3.63, 3.8) is 0 Å². The summed E-state index contributed by atoms with van der Waals surface area (Å²) < 4.78 is 11.9. The number of amides is 1. The summed E-state index contributed by atoms with van der Waals surface area (Å²) in [7, 11) is 0. The molecule has 12 nitrogen and oxygen atoms in total. The van der Waals surface area contributed by atoms with Gasteiger partial charge in [-0.05, 0) is 62.7 Å². The second-order valence-corrected chi connectivity index (χ2v) is 15.1. The zero-order chi connectivity index (χ0) is 35.8. The monoisotopic (exact) mass is 721 g/mol. The fourth-order valence-corrected chi connectivity index (χ4v) is 8.80. The summed E-state index contributed by atoms with van der Waals surface area (Å²) in [6, 6.07) is 14.7. The van der Waals surface area contributed by atoms with Crippen LogP contribution in [-0.4, -0.2) is 93.3 Å². The number of nitrogens with zero attached hydrogens (tertiary/aromatic N) is 9. The van der Waals surface area contributed by atoms with Crippen molar-refractivity contribution < 1.29 is 14.1 Å². The number of fused-ring (bicyclic) bond motifs is 3. The average molecular weight is 722 g/mol. The predicted molar refractivity (Wildman–Crippen MR) is 199 cm³/mol. The minimum absolute atomic E-state index is 0.0557. The molecule has 4 aliphatic heterocycles. The summed E-state index contributed by atoms with van der Waals surface area (Å²) in [6.07, 6.45) is 8.57. The minimum atomic E-state index is -0.331. The number of rotatable bonds is 9. The molecule has 3 saturated heterocycles. The molecule has 52 heavy (non-hydrogen) atoms. The second kappa shape index (κ2) is 14.4. The van der Waals surface area contributed by atoms with Gasteiger partial charge in [-0.2, -0.15) is 20.2 Å². The number of anilines is 2. The van der Waals surface area contributed by atoms with Crippen LogP contribution in [0.25, 0.3) is 16.8 Å². The van der Waals surface area contributed by atoms with E-state index in [1.165, 1.54) is 18.9 Å². The molecular formula is C39H44ClN9O3. The maximum Gasteiger partial charge on any atom is 0.318 e. The van der Waals surface area contributed by atoms with Gasteiger partial charge in [0, 0.05) is 60.9 Å². The summed E-state index contributed by atoms with van der Waals surface area (Å²) >= 11 is 6.77. The zero-order valence-corrected chi connectivity index (χ0v) is 30.6. The smallest absolute Gasteiger partial charge is 0.318 e. The first-order valence-corrected chi connectivity index (χ1v) is 18.8. The van der Waals surface area contributed by atoms with Crippen LogP contribution in [0.1, 0.15) is 74.8 Å². The molecule has 1 amide bonds. The first-order chi connectivity index (χ1) is 25.3. The molecule has 4 aromatic rings. The van der Waals surface area contributed by atoms with Crippen LogP contribution in [-0.2, 0) is 17.8 Å². The highest BCUT2D eigenvalue weighted by molar-refractivity contribution is 6.36. The molecular weight excluding hydrogens is 678 g/mol. The molecule has 3 fully saturated rings. The topological polar surface area (TPSA) is 128 Å². The molecule has 0 unspecified atom stereocenters. The van der Waals surface area contributed by atoms with Gasteiger partial charge in [-0.25, -0.2) is 0 Å². The van der Waals surface area contributed by atoms with Crippen molar-refractivity contribution in [3.05, 3.63) is 70.5 Å². The number of aromatic nitrogens is 4. The molecule has 4 aliphatic rings. The predicted octanol–water partition coefficient (Wildman–Crippen LogP) is 6.00. The third-order valence-electron chi connectivity index (χ3n) is 11.2. The first kappa shape index (κ1) is 34.4. The Balaban J connectivity index is 1.08. The van der Waals surface area contributed by atoms with Crippen molar-refractivity contribution in [2.45, 2.75) is 76.4 Å². The highest BCUT2D eigenvalue weighted by Gasteiger charge is 2.45. The van der Waals surface area contributed by atoms with Crippen molar-refractivity contribution in [3.8, 4) is 12.1 Å². The number of carbonyl (C=O) groups is 1. The van der Waals surface area contributed by atoms with E-state index in [0.717, 1.165) is 77.5 Å². The molecule has 6 heterocycles. The molecule has 0 aliphatic carbocycles. The fourth-order valence-electron chi connectivity index (χ4n) is 8.53. The number of piperazine rings is 1. The maximum atomic E-state index is 13.5. The van der Waals surface area contributed by atoms with Crippen LogP contribution < -0.4 is 14.5 Å². The van der Waals surface area contributed by atoms with Crippen molar-refractivity contribution in [2.24, 2.45) is 0 Å². The Morgan fingerprint density at radius 2 is 1.88 bits per heavy atom. The molecule has 0 spiro atoms. The van der Waals surface area contributed by atoms with Crippen molar-refractivity contribution in [2.75, 3.05) is 55.7 Å². The van der Waals surface area contributed by atoms with Crippen molar-refractivity contribution in [1.29, 1.82) is 5.26 Å². The lowest BCUT2D eigenvalue weighted by atomic mass is 9.95. The number of hydrogen-bond donors (Lipinski definition) is 0. The molecule has 0 saturated carbocycles. The Morgan fingerprint density at radius 1 is 1.08 bits per heavy atom. The van der Waals surface area contributed by atoms with E-state index in [0.29, 0.717) is 44.6 Å². The van der Waals surface area contributed by atoms with Gasteiger partial charge < -0.3 is 24.0 Å². The van der Waals surface area contributed by atoms with Gasteiger partial charge in [-0.3, -0.25) is 9.69 Å². The van der Waals surface area contributed by atoms with Crippen LogP contribution in [0.5, 0.6) is 6.01 Å². The standard InChI is InChI=1S/C39H44ClN9O3/c1-26(2)36-43-33(52-45-36)11-12-34(50)49-22-21-47(23-28(49)13-17-41)37-29-14-20-46(32-10-4-8-27-7-3-9-30(40)35(27)32)24-31(29)42-38(44-37)51-25-39-15-5-18-48(39)19-6-16-39/h3-4,7-12,26,28H,5-6,13-16,18-25H2,1-2H3/b12-11+/t28-/m0/s1. The van der Waals surface area contributed by atoms with Gasteiger partial charge in [0.2, 0.25) is 5.91 Å². The highest BCUT2D eigenvalue weighted by atomic mass is 35.5. The molecule has 270 valence electrons. The van der Waals surface area contributed by atoms with Gasteiger partial charge in [0.15, 0.2) is 5.82 Å². The van der Waals surface area contributed by atoms with Crippen molar-refractivity contribution >= 4 is 45.9 Å². The molecule has 2 aromatic carbocycles. The fraction of sp³-hybridized carbons (Fsp3) is 0.487. The van der Waals surface area contributed by atoms with Crippen LogP contribution in [0.4, 0.5) is 11.5 Å². The van der Waals surface area contributed by atoms with E-state index in [-0.39, 0.29) is 35.7 Å². The van der Waals surface area contributed by atoms with Crippen LogP contribution in [0.3, 0.4) is 0 Å². The first-order valence-electron chi connectivity index (χ1n) is 18.5. The van der Waals surface area contributed by atoms with E-state index in [1.807, 2.05) is 26.0 Å². The Kier molecular flexibility index (Phi) is 9.49. The molecule has 8 rings (SSSR count). The summed E-state index contributed by atoms with van der Waals surface area (Å²) in [6.45, 7) is 9.58. The maximum absolute atomic E-state index is 13.5. The summed E-state index contributed by atoms with van der Waals surface area (Å²) in [5.41, 5.74) is 3.16. The third-order valence-corrected chi connectivity index (χ3v) is 11.5. The van der Waals surface area contributed by atoms with Gasteiger partial charge in [0.05, 0.1) is 41.3 Å². The SMILES string of the molecule is CC(C)c1noc(/C=C/C(=O)N2CCN(c3nc(OCC45CCCN4CCC5)nc4c3CCN(c3cccc5cccc(Cl)c35)C4)C[C@@H]2CC#N)n1. The molecule has 0 radical (unpaired) electrons. The summed E-state index contributed by atoms with van der Waals surface area (Å²) in [5, 5.41) is 16.7. The van der Waals surface area contributed by atoms with Crippen LogP contribution in [0.2, 0.25) is 5.02 Å².